The molecule has 1 spiro atoms. The largest absolute Gasteiger partial charge is 0.507 e. The minimum Gasteiger partial charge on any atom is -0.507 e. The van der Waals surface area contributed by atoms with Gasteiger partial charge in [0, 0.05) is 59.8 Å². The van der Waals surface area contributed by atoms with Gasteiger partial charge in [0.1, 0.15) is 17.2 Å². The van der Waals surface area contributed by atoms with E-state index in [1.807, 2.05) is 13.8 Å². The van der Waals surface area contributed by atoms with Crippen LogP contribution in [-0.4, -0.2) is 29.5 Å². The van der Waals surface area contributed by atoms with Gasteiger partial charge in [-0.3, -0.25) is 0 Å². The fraction of sp³-hybridized carbons (Fsp3) is 0.391. The molecule has 2 aliphatic rings. The van der Waals surface area contributed by atoms with Crippen molar-refractivity contribution >= 4 is 10.9 Å². The predicted molar refractivity (Wildman–Crippen MR) is 106 cm³/mol. The smallest absolute Gasteiger partial charge is 0.160 e. The zero-order chi connectivity index (χ0) is 21.4. The number of methoxy groups -OCH3 is 1. The molecule has 1 N–H and O–H groups in total. The SMILES string of the molecule is COC1CC2(C1)OCC(C)(C)c1c2c2c(O)cc(F)cc2n1-c1ccc(F)c(F)c1. The molecule has 7 heteroatoms. The third-order valence-corrected chi connectivity index (χ3v) is 6.43. The zero-order valence-electron chi connectivity index (χ0n) is 16.9. The molecule has 1 aliphatic carbocycles. The molecule has 0 saturated heterocycles. The Morgan fingerprint density at radius 3 is 2.50 bits per heavy atom. The van der Waals surface area contributed by atoms with Gasteiger partial charge in [-0.05, 0) is 18.2 Å². The first kappa shape index (κ1) is 19.5. The van der Waals surface area contributed by atoms with Crippen LogP contribution in [0.3, 0.4) is 0 Å². The van der Waals surface area contributed by atoms with E-state index in [0.717, 1.165) is 29.5 Å². The maximum absolute atomic E-state index is 14.3. The van der Waals surface area contributed by atoms with E-state index in [4.69, 9.17) is 9.47 Å². The van der Waals surface area contributed by atoms with Crippen LogP contribution in [0.1, 0.15) is 37.9 Å². The van der Waals surface area contributed by atoms with Crippen LogP contribution >= 0.6 is 0 Å². The van der Waals surface area contributed by atoms with Crippen molar-refractivity contribution in [3.63, 3.8) is 0 Å². The first-order valence-corrected chi connectivity index (χ1v) is 9.87. The zero-order valence-corrected chi connectivity index (χ0v) is 16.9. The Bertz CT molecular complexity index is 1180. The number of aromatic nitrogens is 1. The number of ether oxygens (including phenoxy) is 2. The second kappa shape index (κ2) is 6.25. The number of benzene rings is 2. The van der Waals surface area contributed by atoms with Crippen molar-refractivity contribution in [3.8, 4) is 11.4 Å². The molecule has 30 heavy (non-hydrogen) atoms. The van der Waals surface area contributed by atoms with Crippen molar-refractivity contribution in [2.24, 2.45) is 0 Å². The normalized spacial score (nSPS) is 24.8. The molecule has 2 aromatic carbocycles. The number of hydrogen-bond acceptors (Lipinski definition) is 3. The first-order valence-electron chi connectivity index (χ1n) is 9.87. The Hall–Kier alpha value is -2.51. The summed E-state index contributed by atoms with van der Waals surface area (Å²) >= 11 is 0. The topological polar surface area (TPSA) is 43.6 Å². The minimum atomic E-state index is -0.994. The van der Waals surface area contributed by atoms with Crippen molar-refractivity contribution < 1.29 is 27.8 Å². The van der Waals surface area contributed by atoms with Crippen LogP contribution in [-0.2, 0) is 20.5 Å². The molecule has 1 aliphatic heterocycles. The Morgan fingerprint density at radius 1 is 1.10 bits per heavy atom. The molecule has 1 fully saturated rings. The predicted octanol–water partition coefficient (Wildman–Crippen LogP) is 5.07. The lowest BCUT2D eigenvalue weighted by Crippen LogP contribution is -2.53. The Kier molecular flexibility index (Phi) is 4.05. The quantitative estimate of drug-likeness (QED) is 0.634. The molecule has 5 rings (SSSR count). The molecule has 3 aromatic rings. The van der Waals surface area contributed by atoms with Crippen LogP contribution in [0.5, 0.6) is 5.75 Å². The van der Waals surface area contributed by atoms with Crippen LogP contribution in [0.4, 0.5) is 13.2 Å². The van der Waals surface area contributed by atoms with Crippen molar-refractivity contribution in [2.75, 3.05) is 13.7 Å². The van der Waals surface area contributed by atoms with Gasteiger partial charge in [0.2, 0.25) is 0 Å². The Balaban J connectivity index is 1.90. The number of aromatic hydroxyl groups is 1. The number of phenols is 1. The summed E-state index contributed by atoms with van der Waals surface area (Å²) in [6, 6.07) is 5.98. The van der Waals surface area contributed by atoms with Crippen LogP contribution in [0.25, 0.3) is 16.6 Å². The molecule has 2 heterocycles. The van der Waals surface area contributed by atoms with Gasteiger partial charge in [-0.2, -0.15) is 0 Å². The highest BCUT2D eigenvalue weighted by atomic mass is 19.2. The number of halogens is 3. The number of phenolic OH excluding ortho intramolecular Hbond substituents is 1. The summed E-state index contributed by atoms with van der Waals surface area (Å²) < 4.78 is 55.6. The van der Waals surface area contributed by atoms with Gasteiger partial charge in [0.15, 0.2) is 11.6 Å². The van der Waals surface area contributed by atoms with E-state index in [2.05, 4.69) is 0 Å². The first-order chi connectivity index (χ1) is 14.2. The van der Waals surface area contributed by atoms with Gasteiger partial charge < -0.3 is 19.1 Å². The summed E-state index contributed by atoms with van der Waals surface area (Å²) in [5.74, 6) is -2.77. The van der Waals surface area contributed by atoms with Gasteiger partial charge >= 0.3 is 0 Å². The lowest BCUT2D eigenvalue weighted by atomic mass is 9.67. The van der Waals surface area contributed by atoms with Crippen molar-refractivity contribution in [2.45, 2.75) is 43.8 Å². The molecule has 158 valence electrons. The van der Waals surface area contributed by atoms with Crippen molar-refractivity contribution in [3.05, 3.63) is 59.0 Å². The summed E-state index contributed by atoms with van der Waals surface area (Å²) in [5.41, 5.74) is 1.11. The van der Waals surface area contributed by atoms with Crippen LogP contribution in [0, 0.1) is 17.5 Å². The fourth-order valence-electron chi connectivity index (χ4n) is 4.96. The van der Waals surface area contributed by atoms with Crippen LogP contribution in [0.15, 0.2) is 30.3 Å². The average molecular weight is 417 g/mol. The third-order valence-electron chi connectivity index (χ3n) is 6.43. The summed E-state index contributed by atoms with van der Waals surface area (Å²) in [4.78, 5) is 0. The van der Waals surface area contributed by atoms with E-state index in [0.29, 0.717) is 36.0 Å². The van der Waals surface area contributed by atoms with Gasteiger partial charge in [0.25, 0.3) is 0 Å². The lowest BCUT2D eigenvalue weighted by molar-refractivity contribution is -0.187. The molecule has 0 radical (unpaired) electrons. The van der Waals surface area contributed by atoms with E-state index in [1.165, 1.54) is 12.1 Å². The van der Waals surface area contributed by atoms with Crippen LogP contribution in [0.2, 0.25) is 0 Å². The summed E-state index contributed by atoms with van der Waals surface area (Å²) in [7, 11) is 1.64. The standard InChI is InChI=1S/C23H22F3NO3/c1-22(2)11-30-23(9-14(10-23)29-3)20-19-17(6-12(24)7-18(19)28)27(21(20)22)13-4-5-15(25)16(26)8-13/h4-8,14,28H,9-11H2,1-3H3. The van der Waals surface area contributed by atoms with Gasteiger partial charge in [0.05, 0.1) is 18.2 Å². The third kappa shape index (κ3) is 2.55. The summed E-state index contributed by atoms with van der Waals surface area (Å²) in [6.07, 6.45) is 1.21. The monoisotopic (exact) mass is 417 g/mol. The molecule has 1 saturated carbocycles. The molecular formula is C23H22F3NO3. The van der Waals surface area contributed by atoms with Crippen LogP contribution < -0.4 is 0 Å². The van der Waals surface area contributed by atoms with Gasteiger partial charge in [-0.25, -0.2) is 13.2 Å². The lowest BCUT2D eigenvalue weighted by Gasteiger charge is -2.52. The highest BCUT2D eigenvalue weighted by Gasteiger charge is 2.55. The second-order valence-electron chi connectivity index (χ2n) is 8.91. The maximum atomic E-state index is 14.3. The summed E-state index contributed by atoms with van der Waals surface area (Å²) in [6.45, 7) is 4.35. The number of nitrogens with zero attached hydrogens (tertiary/aromatic N) is 1. The minimum absolute atomic E-state index is 0.0170. The van der Waals surface area contributed by atoms with E-state index in [1.54, 1.807) is 11.7 Å². The molecular weight excluding hydrogens is 395 g/mol. The molecule has 0 unspecified atom stereocenters. The van der Waals surface area contributed by atoms with E-state index >= 15 is 0 Å². The highest BCUT2D eigenvalue weighted by Crippen LogP contribution is 2.57. The second-order valence-corrected chi connectivity index (χ2v) is 8.91. The number of fused-ring (bicyclic) bond motifs is 4. The van der Waals surface area contributed by atoms with Crippen molar-refractivity contribution in [1.29, 1.82) is 0 Å². The molecule has 1 aromatic heterocycles. The van der Waals surface area contributed by atoms with Gasteiger partial charge in [-0.15, -0.1) is 0 Å². The number of hydrogen-bond donors (Lipinski definition) is 1. The molecule has 0 bridgehead atoms. The summed E-state index contributed by atoms with van der Waals surface area (Å²) in [5, 5.41) is 11.2. The van der Waals surface area contributed by atoms with Gasteiger partial charge in [-0.1, -0.05) is 13.8 Å². The van der Waals surface area contributed by atoms with E-state index in [9.17, 15) is 18.3 Å². The highest BCUT2D eigenvalue weighted by molar-refractivity contribution is 5.94. The molecule has 0 atom stereocenters. The average Bonchev–Trinajstić information content (AvgIpc) is 3.00. The van der Waals surface area contributed by atoms with E-state index < -0.39 is 28.5 Å². The molecule has 4 nitrogen and oxygen atoms in total. The van der Waals surface area contributed by atoms with E-state index in [-0.39, 0.29) is 11.9 Å². The maximum Gasteiger partial charge on any atom is 0.160 e. The molecule has 0 amide bonds. The Labute approximate surface area is 171 Å². The van der Waals surface area contributed by atoms with Crippen molar-refractivity contribution in [1.82, 2.24) is 4.57 Å². The Morgan fingerprint density at radius 2 is 1.83 bits per heavy atom. The number of rotatable bonds is 2. The fourth-order valence-corrected chi connectivity index (χ4v) is 4.96.